The van der Waals surface area contributed by atoms with Gasteiger partial charge in [0.05, 0.1) is 7.11 Å². The summed E-state index contributed by atoms with van der Waals surface area (Å²) in [6, 6.07) is 16.3. The number of para-hydroxylation sites is 1. The fourth-order valence-corrected chi connectivity index (χ4v) is 1.99. The monoisotopic (exact) mass is 256 g/mol. The molecule has 3 heteroatoms. The van der Waals surface area contributed by atoms with Crippen molar-refractivity contribution in [3.05, 3.63) is 59.7 Å². The van der Waals surface area contributed by atoms with Crippen LogP contribution in [0.15, 0.2) is 48.5 Å². The van der Waals surface area contributed by atoms with Crippen molar-refractivity contribution in [3.63, 3.8) is 0 Å². The van der Waals surface area contributed by atoms with Crippen molar-refractivity contribution in [2.45, 2.75) is 19.5 Å². The van der Waals surface area contributed by atoms with Crippen molar-refractivity contribution in [2.75, 3.05) is 12.8 Å². The minimum Gasteiger partial charge on any atom is -0.497 e. The molecule has 0 saturated carbocycles. The molecule has 3 N–H and O–H groups in total. The fraction of sp³-hybridized carbons (Fsp3) is 0.250. The predicted octanol–water partition coefficient (Wildman–Crippen LogP) is 3.13. The van der Waals surface area contributed by atoms with Crippen LogP contribution >= 0.6 is 0 Å². The Kier molecular flexibility index (Phi) is 4.42. The standard InChI is InChI=1S/C16H20N2O/c1-12(13-7-5-8-15(10-13)19-2)18-11-14-6-3-4-9-16(14)17/h3-10,12,18H,11,17H2,1-2H3/t12-/m1/s1. The third kappa shape index (κ3) is 3.48. The molecule has 3 nitrogen and oxygen atoms in total. The molecule has 0 aliphatic heterocycles. The third-order valence-electron chi connectivity index (χ3n) is 3.25. The lowest BCUT2D eigenvalue weighted by Crippen LogP contribution is -2.18. The van der Waals surface area contributed by atoms with Crippen molar-refractivity contribution in [1.29, 1.82) is 0 Å². The van der Waals surface area contributed by atoms with E-state index < -0.39 is 0 Å². The van der Waals surface area contributed by atoms with Crippen molar-refractivity contribution >= 4 is 5.69 Å². The number of hydrogen-bond donors (Lipinski definition) is 2. The average molecular weight is 256 g/mol. The highest BCUT2D eigenvalue weighted by atomic mass is 16.5. The van der Waals surface area contributed by atoms with E-state index in [1.807, 2.05) is 42.5 Å². The third-order valence-corrected chi connectivity index (χ3v) is 3.25. The van der Waals surface area contributed by atoms with Gasteiger partial charge in [-0.15, -0.1) is 0 Å². The summed E-state index contributed by atoms with van der Waals surface area (Å²) in [5.41, 5.74) is 9.08. The van der Waals surface area contributed by atoms with Gasteiger partial charge in [-0.25, -0.2) is 0 Å². The Balaban J connectivity index is 2.01. The highest BCUT2D eigenvalue weighted by molar-refractivity contribution is 5.46. The van der Waals surface area contributed by atoms with E-state index in [0.29, 0.717) is 0 Å². The number of rotatable bonds is 5. The average Bonchev–Trinajstić information content (AvgIpc) is 2.46. The van der Waals surface area contributed by atoms with E-state index >= 15 is 0 Å². The lowest BCUT2D eigenvalue weighted by Gasteiger charge is -2.16. The number of ether oxygens (including phenoxy) is 1. The maximum absolute atomic E-state index is 5.93. The molecule has 2 aromatic carbocycles. The summed E-state index contributed by atoms with van der Waals surface area (Å²) in [6.45, 7) is 2.89. The zero-order chi connectivity index (χ0) is 13.7. The molecule has 0 aliphatic rings. The molecule has 0 saturated heterocycles. The van der Waals surface area contributed by atoms with Crippen LogP contribution in [0.25, 0.3) is 0 Å². The summed E-state index contributed by atoms with van der Waals surface area (Å²) in [4.78, 5) is 0. The quantitative estimate of drug-likeness (QED) is 0.808. The predicted molar refractivity (Wildman–Crippen MR) is 79.1 cm³/mol. The van der Waals surface area contributed by atoms with Gasteiger partial charge in [-0.2, -0.15) is 0 Å². The first-order valence-electron chi connectivity index (χ1n) is 6.41. The minimum absolute atomic E-state index is 0.245. The van der Waals surface area contributed by atoms with Gasteiger partial charge in [-0.1, -0.05) is 30.3 Å². The summed E-state index contributed by atoms with van der Waals surface area (Å²) >= 11 is 0. The van der Waals surface area contributed by atoms with Gasteiger partial charge in [0.2, 0.25) is 0 Å². The van der Waals surface area contributed by atoms with Gasteiger partial charge in [0.1, 0.15) is 5.75 Å². The lowest BCUT2D eigenvalue weighted by atomic mass is 10.1. The number of hydrogen-bond acceptors (Lipinski definition) is 3. The molecule has 0 bridgehead atoms. The first-order valence-corrected chi connectivity index (χ1v) is 6.41. The first-order chi connectivity index (χ1) is 9.20. The minimum atomic E-state index is 0.245. The van der Waals surface area contributed by atoms with Gasteiger partial charge in [0.25, 0.3) is 0 Å². The van der Waals surface area contributed by atoms with Crippen molar-refractivity contribution in [1.82, 2.24) is 5.32 Å². The Bertz CT molecular complexity index is 540. The van der Waals surface area contributed by atoms with E-state index in [1.165, 1.54) is 5.56 Å². The van der Waals surface area contributed by atoms with Gasteiger partial charge in [0.15, 0.2) is 0 Å². The summed E-state index contributed by atoms with van der Waals surface area (Å²) in [5, 5.41) is 3.47. The molecule has 0 unspecified atom stereocenters. The highest BCUT2D eigenvalue weighted by Gasteiger charge is 2.06. The molecule has 0 amide bonds. The Morgan fingerprint density at radius 1 is 1.16 bits per heavy atom. The molecule has 2 rings (SSSR count). The maximum atomic E-state index is 5.93. The van der Waals surface area contributed by atoms with E-state index in [-0.39, 0.29) is 6.04 Å². The summed E-state index contributed by atoms with van der Waals surface area (Å²) in [6.07, 6.45) is 0. The van der Waals surface area contributed by atoms with Crippen LogP contribution in [0.2, 0.25) is 0 Å². The first kappa shape index (κ1) is 13.4. The SMILES string of the molecule is COc1cccc([C@@H](C)NCc2ccccc2N)c1. The number of methoxy groups -OCH3 is 1. The second-order valence-electron chi connectivity index (χ2n) is 4.58. The second-order valence-corrected chi connectivity index (χ2v) is 4.58. The van der Waals surface area contributed by atoms with E-state index in [2.05, 4.69) is 18.3 Å². The molecule has 0 heterocycles. The topological polar surface area (TPSA) is 47.3 Å². The smallest absolute Gasteiger partial charge is 0.119 e. The molecule has 0 spiro atoms. The molecule has 0 aromatic heterocycles. The molecule has 1 atom stereocenters. The normalized spacial score (nSPS) is 12.1. The molecule has 2 aromatic rings. The molecule has 100 valence electrons. The second kappa shape index (κ2) is 6.25. The molecule has 0 aliphatic carbocycles. The Morgan fingerprint density at radius 2 is 1.95 bits per heavy atom. The number of benzene rings is 2. The molecular weight excluding hydrogens is 236 g/mol. The van der Waals surface area contributed by atoms with Crippen LogP contribution in [0.3, 0.4) is 0 Å². The van der Waals surface area contributed by atoms with Gasteiger partial charge >= 0.3 is 0 Å². The maximum Gasteiger partial charge on any atom is 0.119 e. The van der Waals surface area contributed by atoms with Gasteiger partial charge < -0.3 is 15.8 Å². The number of nitrogens with one attached hydrogen (secondary N) is 1. The highest BCUT2D eigenvalue weighted by Crippen LogP contribution is 2.19. The molecule has 19 heavy (non-hydrogen) atoms. The van der Waals surface area contributed by atoms with Gasteiger partial charge in [-0.3, -0.25) is 0 Å². The van der Waals surface area contributed by atoms with E-state index in [1.54, 1.807) is 7.11 Å². The number of nitrogens with two attached hydrogens (primary N) is 1. The Hall–Kier alpha value is -2.00. The Labute approximate surface area is 114 Å². The summed E-state index contributed by atoms with van der Waals surface area (Å²) < 4.78 is 5.24. The van der Waals surface area contributed by atoms with Crippen LogP contribution in [0, 0.1) is 0 Å². The summed E-state index contributed by atoms with van der Waals surface area (Å²) in [7, 11) is 1.68. The van der Waals surface area contributed by atoms with Crippen LogP contribution in [0.1, 0.15) is 24.1 Å². The zero-order valence-corrected chi connectivity index (χ0v) is 11.4. The largest absolute Gasteiger partial charge is 0.497 e. The van der Waals surface area contributed by atoms with Crippen LogP contribution in [0.4, 0.5) is 5.69 Å². The molecule has 0 fully saturated rings. The van der Waals surface area contributed by atoms with Crippen LogP contribution in [-0.4, -0.2) is 7.11 Å². The van der Waals surface area contributed by atoms with Crippen LogP contribution in [0.5, 0.6) is 5.75 Å². The van der Waals surface area contributed by atoms with Crippen molar-refractivity contribution < 1.29 is 4.74 Å². The summed E-state index contributed by atoms with van der Waals surface area (Å²) in [5.74, 6) is 0.880. The van der Waals surface area contributed by atoms with Crippen LogP contribution in [-0.2, 0) is 6.54 Å². The van der Waals surface area contributed by atoms with Crippen molar-refractivity contribution in [3.8, 4) is 5.75 Å². The van der Waals surface area contributed by atoms with Gasteiger partial charge in [0, 0.05) is 18.3 Å². The molecule has 0 radical (unpaired) electrons. The van der Waals surface area contributed by atoms with Gasteiger partial charge in [-0.05, 0) is 36.2 Å². The van der Waals surface area contributed by atoms with E-state index in [4.69, 9.17) is 10.5 Å². The lowest BCUT2D eigenvalue weighted by molar-refractivity contribution is 0.413. The zero-order valence-electron chi connectivity index (χ0n) is 11.4. The fourth-order valence-electron chi connectivity index (χ4n) is 1.99. The van der Waals surface area contributed by atoms with E-state index in [0.717, 1.165) is 23.5 Å². The number of nitrogen functional groups attached to an aromatic ring is 1. The van der Waals surface area contributed by atoms with Crippen LogP contribution < -0.4 is 15.8 Å². The Morgan fingerprint density at radius 3 is 2.68 bits per heavy atom. The van der Waals surface area contributed by atoms with E-state index in [9.17, 15) is 0 Å². The number of anilines is 1. The molecular formula is C16H20N2O. The van der Waals surface area contributed by atoms with Crippen molar-refractivity contribution in [2.24, 2.45) is 0 Å².